The fourth-order valence-corrected chi connectivity index (χ4v) is 4.22. The molecule has 0 fully saturated rings. The number of methoxy groups -OCH3 is 2. The molecule has 0 bridgehead atoms. The van der Waals surface area contributed by atoms with Crippen molar-refractivity contribution in [3.8, 4) is 22.9 Å². The van der Waals surface area contributed by atoms with Gasteiger partial charge in [0, 0.05) is 6.07 Å². The van der Waals surface area contributed by atoms with Crippen LogP contribution in [0.4, 0.5) is 0 Å². The van der Waals surface area contributed by atoms with Crippen LogP contribution >= 0.6 is 11.8 Å². The summed E-state index contributed by atoms with van der Waals surface area (Å²) >= 11 is 1.71. The van der Waals surface area contributed by atoms with E-state index in [0.29, 0.717) is 11.6 Å². The number of nitrogens with one attached hydrogen (secondary N) is 1. The molecule has 1 N–H and O–H groups in total. The number of hydrogen-bond acceptors (Lipinski definition) is 5. The summed E-state index contributed by atoms with van der Waals surface area (Å²) in [6.45, 7) is 7.00. The van der Waals surface area contributed by atoms with Gasteiger partial charge in [0.2, 0.25) is 5.16 Å². The van der Waals surface area contributed by atoms with Crippen LogP contribution in [0.15, 0.2) is 23.4 Å². The molecule has 0 aliphatic carbocycles. The lowest BCUT2D eigenvalue weighted by Crippen LogP contribution is -2.23. The highest BCUT2D eigenvalue weighted by atomic mass is 32.2. The second-order valence-corrected chi connectivity index (χ2v) is 12.8. The second kappa shape index (κ2) is 6.53. The lowest BCUT2D eigenvalue weighted by atomic mass is 10.2. The molecule has 0 saturated heterocycles. The first-order valence-corrected chi connectivity index (χ1v) is 11.4. The maximum Gasteiger partial charge on any atom is 0.208 e. The van der Waals surface area contributed by atoms with E-state index < -0.39 is 8.07 Å². The van der Waals surface area contributed by atoms with Crippen LogP contribution in [0.3, 0.4) is 0 Å². The van der Waals surface area contributed by atoms with Gasteiger partial charge in [-0.25, -0.2) is 4.98 Å². The number of hydrogen-bond donors (Lipinski definition) is 1. The molecule has 7 heteroatoms. The molecule has 5 nitrogen and oxygen atoms in total. The minimum absolute atomic E-state index is 0.715. The van der Waals surface area contributed by atoms with Crippen LogP contribution in [0.1, 0.15) is 0 Å². The fraction of sp³-hybridized carbons (Fsp3) is 0.429. The lowest BCUT2D eigenvalue weighted by molar-refractivity contribution is 0.395. The van der Waals surface area contributed by atoms with Crippen LogP contribution in [0.2, 0.25) is 19.6 Å². The van der Waals surface area contributed by atoms with Crippen LogP contribution in [-0.2, 0) is 0 Å². The van der Waals surface area contributed by atoms with E-state index in [0.717, 1.165) is 21.8 Å². The number of nitrogens with zero attached hydrogens (tertiary/aromatic N) is 2. The van der Waals surface area contributed by atoms with E-state index in [4.69, 9.17) is 9.47 Å². The predicted octanol–water partition coefficient (Wildman–Crippen LogP) is 3.46. The summed E-state index contributed by atoms with van der Waals surface area (Å²) in [6.07, 6.45) is 0. The number of thioether (sulfide) groups is 1. The summed E-state index contributed by atoms with van der Waals surface area (Å²) in [5.74, 6) is 2.18. The van der Waals surface area contributed by atoms with Crippen molar-refractivity contribution in [2.75, 3.05) is 19.6 Å². The van der Waals surface area contributed by atoms with E-state index in [-0.39, 0.29) is 0 Å². The number of H-pyrrole nitrogens is 1. The molecule has 0 unspecified atom stereocenters. The highest BCUT2D eigenvalue weighted by Gasteiger charge is 2.16. The van der Waals surface area contributed by atoms with Crippen LogP contribution < -0.4 is 9.47 Å². The largest absolute Gasteiger partial charge is 0.497 e. The van der Waals surface area contributed by atoms with Crippen LogP contribution in [0.25, 0.3) is 11.4 Å². The van der Waals surface area contributed by atoms with Crippen LogP contribution in [0.5, 0.6) is 11.5 Å². The van der Waals surface area contributed by atoms with Gasteiger partial charge in [-0.2, -0.15) is 0 Å². The van der Waals surface area contributed by atoms with Gasteiger partial charge in [0.05, 0.1) is 27.9 Å². The Kier molecular flexibility index (Phi) is 4.94. The Balaban J connectivity index is 2.21. The standard InChI is InChI=1S/C14H21N3O2SSi/c1-18-10-6-7-11(12(8-10)19-2)13-15-14(17-16-13)20-9-21(3,4)5/h6-8H,9H2,1-5H3,(H,15,16,17). The van der Waals surface area contributed by atoms with Gasteiger partial charge in [-0.1, -0.05) is 31.4 Å². The molecule has 114 valence electrons. The third kappa shape index (κ3) is 4.24. The van der Waals surface area contributed by atoms with Crippen molar-refractivity contribution in [1.29, 1.82) is 0 Å². The fourth-order valence-electron chi connectivity index (χ4n) is 1.71. The number of aromatic amines is 1. The summed E-state index contributed by atoms with van der Waals surface area (Å²) < 4.78 is 10.6. The molecule has 1 heterocycles. The first-order valence-electron chi connectivity index (χ1n) is 6.70. The highest BCUT2D eigenvalue weighted by molar-refractivity contribution is 8.00. The minimum Gasteiger partial charge on any atom is -0.497 e. The van der Waals surface area contributed by atoms with Gasteiger partial charge >= 0.3 is 0 Å². The monoisotopic (exact) mass is 323 g/mol. The molecule has 2 rings (SSSR count). The number of benzene rings is 1. The highest BCUT2D eigenvalue weighted by Crippen LogP contribution is 2.32. The predicted molar refractivity (Wildman–Crippen MR) is 89.0 cm³/mol. The van der Waals surface area contributed by atoms with Gasteiger partial charge in [-0.3, -0.25) is 5.10 Å². The Morgan fingerprint density at radius 1 is 1.19 bits per heavy atom. The normalized spacial score (nSPS) is 11.5. The molecule has 0 spiro atoms. The Bertz CT molecular complexity index is 611. The van der Waals surface area contributed by atoms with E-state index in [2.05, 4.69) is 34.8 Å². The molecule has 21 heavy (non-hydrogen) atoms. The molecule has 0 saturated carbocycles. The van der Waals surface area contributed by atoms with Crippen LogP contribution in [0, 0.1) is 0 Å². The van der Waals surface area contributed by atoms with E-state index >= 15 is 0 Å². The van der Waals surface area contributed by atoms with Crippen molar-refractivity contribution in [3.05, 3.63) is 18.2 Å². The lowest BCUT2D eigenvalue weighted by Gasteiger charge is -2.12. The zero-order chi connectivity index (χ0) is 15.5. The van der Waals surface area contributed by atoms with Crippen molar-refractivity contribution < 1.29 is 9.47 Å². The topological polar surface area (TPSA) is 60.0 Å². The van der Waals surface area contributed by atoms with Gasteiger partial charge in [0.25, 0.3) is 0 Å². The molecule has 1 aromatic carbocycles. The molecule has 1 aromatic heterocycles. The number of rotatable bonds is 6. The van der Waals surface area contributed by atoms with E-state index in [1.165, 1.54) is 0 Å². The minimum atomic E-state index is -1.11. The molecule has 0 atom stereocenters. The Morgan fingerprint density at radius 2 is 1.95 bits per heavy atom. The zero-order valence-electron chi connectivity index (χ0n) is 13.1. The number of aromatic nitrogens is 3. The molecular formula is C14H21N3O2SSi. The third-order valence-electron chi connectivity index (χ3n) is 2.76. The van der Waals surface area contributed by atoms with E-state index in [9.17, 15) is 0 Å². The van der Waals surface area contributed by atoms with Gasteiger partial charge in [0.15, 0.2) is 5.82 Å². The Labute approximate surface area is 130 Å². The van der Waals surface area contributed by atoms with Gasteiger partial charge in [0.1, 0.15) is 11.5 Å². The van der Waals surface area contributed by atoms with Crippen molar-refractivity contribution in [2.24, 2.45) is 0 Å². The quantitative estimate of drug-likeness (QED) is 0.651. The maximum absolute atomic E-state index is 5.40. The zero-order valence-corrected chi connectivity index (χ0v) is 14.9. The molecule has 0 aliphatic rings. The van der Waals surface area contributed by atoms with Gasteiger partial charge in [-0.05, 0) is 17.5 Å². The van der Waals surface area contributed by atoms with Gasteiger partial charge < -0.3 is 9.47 Å². The molecular weight excluding hydrogens is 302 g/mol. The second-order valence-electron chi connectivity index (χ2n) is 5.88. The third-order valence-corrected chi connectivity index (χ3v) is 7.25. The van der Waals surface area contributed by atoms with Crippen molar-refractivity contribution >= 4 is 19.8 Å². The van der Waals surface area contributed by atoms with Crippen molar-refractivity contribution in [3.63, 3.8) is 0 Å². The van der Waals surface area contributed by atoms with E-state index in [1.807, 2.05) is 18.2 Å². The van der Waals surface area contributed by atoms with E-state index in [1.54, 1.807) is 26.0 Å². The molecule has 0 amide bonds. The molecule has 0 aliphatic heterocycles. The Hall–Kier alpha value is -1.47. The summed E-state index contributed by atoms with van der Waals surface area (Å²) in [6, 6.07) is 5.65. The first kappa shape index (κ1) is 15.9. The summed E-state index contributed by atoms with van der Waals surface area (Å²) in [5, 5.41) is 9.14. The summed E-state index contributed by atoms with van der Waals surface area (Å²) in [5.41, 5.74) is 0.880. The Morgan fingerprint density at radius 3 is 2.57 bits per heavy atom. The maximum atomic E-state index is 5.40. The van der Waals surface area contributed by atoms with Crippen molar-refractivity contribution in [2.45, 2.75) is 24.8 Å². The summed E-state index contributed by atoms with van der Waals surface area (Å²) in [7, 11) is 2.16. The molecule has 2 aromatic rings. The van der Waals surface area contributed by atoms with Crippen LogP contribution in [-0.4, -0.2) is 42.9 Å². The SMILES string of the molecule is COc1ccc(-c2nc(SC[Si](C)(C)C)n[nH]2)c(OC)c1. The average molecular weight is 323 g/mol. The molecule has 0 radical (unpaired) electrons. The average Bonchev–Trinajstić information content (AvgIpc) is 2.92. The van der Waals surface area contributed by atoms with Gasteiger partial charge in [-0.15, -0.1) is 5.10 Å². The summed E-state index contributed by atoms with van der Waals surface area (Å²) in [4.78, 5) is 4.55. The van der Waals surface area contributed by atoms with Crippen molar-refractivity contribution in [1.82, 2.24) is 15.2 Å². The smallest absolute Gasteiger partial charge is 0.208 e. The number of ether oxygens (including phenoxy) is 2. The first-order chi connectivity index (χ1) is 9.93.